The van der Waals surface area contributed by atoms with Crippen LogP contribution in [-0.2, 0) is 25.4 Å². The van der Waals surface area contributed by atoms with E-state index in [1.165, 1.54) is 10.4 Å². The molecule has 1 N–H and O–H groups in total. The van der Waals surface area contributed by atoms with Gasteiger partial charge in [-0.25, -0.2) is 14.5 Å². The molecule has 1 aliphatic heterocycles. The molecular weight excluding hydrogens is 532 g/mol. The number of benzene rings is 3. The van der Waals surface area contributed by atoms with Gasteiger partial charge in [0.2, 0.25) is 5.91 Å². The summed E-state index contributed by atoms with van der Waals surface area (Å²) in [5.74, 6) is -0.969. The van der Waals surface area contributed by atoms with E-state index in [1.54, 1.807) is 32.9 Å². The molecule has 8 heteroatoms. The Labute approximate surface area is 244 Å². The highest BCUT2D eigenvalue weighted by molar-refractivity contribution is 6.99. The first kappa shape index (κ1) is 30.2. The summed E-state index contributed by atoms with van der Waals surface area (Å²) in [7, 11) is -2.69. The number of amides is 3. The SMILES string of the molecule is CC(C)(C)OC(=O)[C@@H]1CCC(=O)N1C(=O)Nc1ccc(CO[Si](c2ccccc2)(c2ccccc2)C(C)(C)C)cc1. The maximum atomic E-state index is 13.0. The zero-order valence-electron chi connectivity index (χ0n) is 24.8. The highest BCUT2D eigenvalue weighted by Gasteiger charge is 2.50. The molecule has 0 radical (unpaired) electrons. The largest absolute Gasteiger partial charge is 0.458 e. The van der Waals surface area contributed by atoms with Gasteiger partial charge in [0.15, 0.2) is 0 Å². The number of hydrogen-bond donors (Lipinski definition) is 1. The maximum Gasteiger partial charge on any atom is 0.329 e. The lowest BCUT2D eigenvalue weighted by Crippen LogP contribution is -2.66. The second-order valence-electron chi connectivity index (χ2n) is 12.4. The van der Waals surface area contributed by atoms with Crippen LogP contribution in [0.15, 0.2) is 84.9 Å². The zero-order valence-corrected chi connectivity index (χ0v) is 25.8. The lowest BCUT2D eigenvalue weighted by molar-refractivity contribution is -0.160. The Kier molecular flexibility index (Phi) is 8.85. The number of nitrogens with one attached hydrogen (secondary N) is 1. The third kappa shape index (κ3) is 6.77. The molecule has 0 aromatic heterocycles. The first-order valence-corrected chi connectivity index (χ1v) is 15.9. The fourth-order valence-corrected chi connectivity index (χ4v) is 9.89. The van der Waals surface area contributed by atoms with E-state index in [-0.39, 0.29) is 17.9 Å². The Bertz CT molecular complexity index is 1320. The number of ether oxygens (including phenoxy) is 1. The summed E-state index contributed by atoms with van der Waals surface area (Å²) in [4.78, 5) is 39.1. The summed E-state index contributed by atoms with van der Waals surface area (Å²) in [6, 6.07) is 26.7. The number of imide groups is 1. The Morgan fingerprint density at radius 3 is 1.88 bits per heavy atom. The molecule has 3 aromatic rings. The molecule has 0 spiro atoms. The minimum atomic E-state index is -2.69. The van der Waals surface area contributed by atoms with Gasteiger partial charge in [-0.1, -0.05) is 93.6 Å². The van der Waals surface area contributed by atoms with Gasteiger partial charge in [0.25, 0.3) is 8.32 Å². The van der Waals surface area contributed by atoms with Gasteiger partial charge in [-0.3, -0.25) is 4.79 Å². The van der Waals surface area contributed by atoms with E-state index in [0.717, 1.165) is 10.5 Å². The zero-order chi connectivity index (χ0) is 29.8. The molecular formula is C33H40N2O5Si. The Morgan fingerprint density at radius 2 is 1.39 bits per heavy atom. The van der Waals surface area contributed by atoms with Crippen molar-refractivity contribution in [3.8, 4) is 0 Å². The number of carbonyl (C=O) groups is 3. The van der Waals surface area contributed by atoms with Crippen molar-refractivity contribution in [2.45, 2.75) is 77.7 Å². The molecule has 1 atom stereocenters. The molecule has 0 bridgehead atoms. The highest BCUT2D eigenvalue weighted by atomic mass is 28.4. The second-order valence-corrected chi connectivity index (χ2v) is 16.7. The number of carbonyl (C=O) groups excluding carboxylic acids is 3. The number of anilines is 1. The Morgan fingerprint density at radius 1 is 0.854 bits per heavy atom. The molecule has 1 heterocycles. The van der Waals surface area contributed by atoms with Crippen LogP contribution in [0, 0.1) is 0 Å². The normalized spacial score (nSPS) is 16.0. The average Bonchev–Trinajstić information content (AvgIpc) is 3.31. The van der Waals surface area contributed by atoms with Crippen molar-refractivity contribution in [1.82, 2.24) is 4.90 Å². The molecule has 0 unspecified atom stereocenters. The van der Waals surface area contributed by atoms with Crippen molar-refractivity contribution in [1.29, 1.82) is 0 Å². The van der Waals surface area contributed by atoms with Crippen LogP contribution in [0.3, 0.4) is 0 Å². The van der Waals surface area contributed by atoms with E-state index < -0.39 is 37.9 Å². The number of hydrogen-bond acceptors (Lipinski definition) is 5. The van der Waals surface area contributed by atoms with E-state index in [0.29, 0.717) is 12.3 Å². The predicted octanol–water partition coefficient (Wildman–Crippen LogP) is 5.63. The molecule has 3 amide bonds. The summed E-state index contributed by atoms with van der Waals surface area (Å²) < 4.78 is 12.4. The average molecular weight is 573 g/mol. The lowest BCUT2D eigenvalue weighted by atomic mass is 10.1. The molecule has 1 fully saturated rings. The first-order valence-electron chi connectivity index (χ1n) is 14.0. The van der Waals surface area contributed by atoms with Crippen molar-refractivity contribution in [2.24, 2.45) is 0 Å². The van der Waals surface area contributed by atoms with Crippen LogP contribution in [0.4, 0.5) is 10.5 Å². The molecule has 216 valence electrons. The fourth-order valence-electron chi connectivity index (χ4n) is 5.35. The van der Waals surface area contributed by atoms with E-state index in [2.05, 4.69) is 74.6 Å². The molecule has 3 aromatic carbocycles. The monoisotopic (exact) mass is 572 g/mol. The number of rotatable bonds is 7. The van der Waals surface area contributed by atoms with E-state index in [9.17, 15) is 14.4 Å². The topological polar surface area (TPSA) is 84.9 Å². The molecule has 7 nitrogen and oxygen atoms in total. The van der Waals surface area contributed by atoms with Crippen LogP contribution in [0.2, 0.25) is 5.04 Å². The lowest BCUT2D eigenvalue weighted by Gasteiger charge is -2.43. The standard InChI is InChI=1S/C33H40N2O5Si/c1-32(2,3)40-30(37)28-21-22-29(36)35(28)31(38)34-25-19-17-24(18-20-25)23-39-41(33(4,5)6,26-13-9-7-10-14-26)27-15-11-8-12-16-27/h7-20,28H,21-23H2,1-6H3,(H,34,38)/t28-/m0/s1. The molecule has 0 aliphatic carbocycles. The van der Waals surface area contributed by atoms with Gasteiger partial charge < -0.3 is 14.5 Å². The Hall–Kier alpha value is -3.75. The number of nitrogens with zero attached hydrogens (tertiary/aromatic N) is 1. The molecule has 1 aliphatic rings. The fraction of sp³-hybridized carbons (Fsp3) is 0.364. The summed E-state index contributed by atoms with van der Waals surface area (Å²) in [5.41, 5.74) is 0.767. The van der Waals surface area contributed by atoms with Gasteiger partial charge in [0.05, 0.1) is 6.61 Å². The maximum absolute atomic E-state index is 13.0. The van der Waals surface area contributed by atoms with Gasteiger partial charge in [0, 0.05) is 12.1 Å². The van der Waals surface area contributed by atoms with E-state index in [4.69, 9.17) is 9.16 Å². The van der Waals surface area contributed by atoms with Crippen LogP contribution < -0.4 is 15.7 Å². The van der Waals surface area contributed by atoms with Crippen molar-refractivity contribution >= 4 is 42.3 Å². The number of likely N-dealkylation sites (tertiary alicyclic amines) is 1. The second kappa shape index (κ2) is 12.0. The van der Waals surface area contributed by atoms with Crippen LogP contribution in [-0.4, -0.2) is 42.8 Å². The van der Waals surface area contributed by atoms with E-state index in [1.807, 2.05) is 24.3 Å². The summed E-state index contributed by atoms with van der Waals surface area (Å²) in [6.45, 7) is 12.4. The highest BCUT2D eigenvalue weighted by Crippen LogP contribution is 2.37. The van der Waals surface area contributed by atoms with Gasteiger partial charge in [0.1, 0.15) is 11.6 Å². The van der Waals surface area contributed by atoms with Gasteiger partial charge >= 0.3 is 12.0 Å². The van der Waals surface area contributed by atoms with Crippen molar-refractivity contribution < 1.29 is 23.5 Å². The smallest absolute Gasteiger partial charge is 0.329 e. The summed E-state index contributed by atoms with van der Waals surface area (Å²) >= 11 is 0. The van der Waals surface area contributed by atoms with Crippen LogP contribution in [0.5, 0.6) is 0 Å². The minimum Gasteiger partial charge on any atom is -0.458 e. The molecule has 41 heavy (non-hydrogen) atoms. The summed E-state index contributed by atoms with van der Waals surface area (Å²) in [6.07, 6.45) is 0.371. The third-order valence-electron chi connectivity index (χ3n) is 7.19. The summed E-state index contributed by atoms with van der Waals surface area (Å²) in [5, 5.41) is 5.03. The van der Waals surface area contributed by atoms with Crippen LogP contribution >= 0.6 is 0 Å². The quantitative estimate of drug-likeness (QED) is 0.293. The number of urea groups is 1. The Balaban J connectivity index is 1.51. The van der Waals surface area contributed by atoms with E-state index >= 15 is 0 Å². The van der Waals surface area contributed by atoms with Gasteiger partial charge in [-0.15, -0.1) is 0 Å². The van der Waals surface area contributed by atoms with Crippen molar-refractivity contribution in [3.05, 3.63) is 90.5 Å². The van der Waals surface area contributed by atoms with Crippen molar-refractivity contribution in [3.63, 3.8) is 0 Å². The molecule has 4 rings (SSSR count). The third-order valence-corrected chi connectivity index (χ3v) is 12.2. The minimum absolute atomic E-state index is 0.121. The number of esters is 1. The predicted molar refractivity (Wildman–Crippen MR) is 164 cm³/mol. The van der Waals surface area contributed by atoms with Crippen molar-refractivity contribution in [2.75, 3.05) is 5.32 Å². The molecule has 0 saturated carbocycles. The van der Waals surface area contributed by atoms with Crippen LogP contribution in [0.25, 0.3) is 0 Å². The first-order chi connectivity index (χ1) is 19.3. The van der Waals surface area contributed by atoms with Gasteiger partial charge in [-0.05, 0) is 60.3 Å². The molecule has 1 saturated heterocycles. The van der Waals surface area contributed by atoms with Gasteiger partial charge in [-0.2, -0.15) is 0 Å². The van der Waals surface area contributed by atoms with Crippen LogP contribution in [0.1, 0.15) is 59.9 Å².